The molecule has 1 aromatic carbocycles. The number of halogens is 2. The lowest BCUT2D eigenvalue weighted by molar-refractivity contribution is 0.103. The van der Waals surface area contributed by atoms with Crippen LogP contribution in [0.3, 0.4) is 0 Å². The number of hydrogen-bond acceptors (Lipinski definition) is 2. The number of aryl methyl sites for hydroxylation is 1. The Hall–Kier alpha value is -0.450. The maximum atomic E-state index is 12.2. The van der Waals surface area contributed by atoms with Crippen LogP contribution in [0.25, 0.3) is 0 Å². The number of carbonyl (C=O) groups is 1. The van der Waals surface area contributed by atoms with Gasteiger partial charge >= 0.3 is 0 Å². The monoisotopic (exact) mass is 372 g/mol. The molecule has 0 spiro atoms. The van der Waals surface area contributed by atoms with Gasteiger partial charge in [0, 0.05) is 11.1 Å². The summed E-state index contributed by atoms with van der Waals surface area (Å²) in [5.41, 5.74) is 2.69. The van der Waals surface area contributed by atoms with Gasteiger partial charge in [-0.2, -0.15) is 0 Å². The highest BCUT2D eigenvalue weighted by Crippen LogP contribution is 2.33. The molecule has 0 atom stereocenters. The SMILES string of the molecule is CCc1ccc(C(=O)c2cc(Br)sc2Br)cc1. The summed E-state index contributed by atoms with van der Waals surface area (Å²) in [5.74, 6) is 0.0569. The molecule has 0 amide bonds. The van der Waals surface area contributed by atoms with Gasteiger partial charge in [-0.1, -0.05) is 31.2 Å². The van der Waals surface area contributed by atoms with Crippen LogP contribution >= 0.6 is 43.2 Å². The highest BCUT2D eigenvalue weighted by atomic mass is 79.9. The van der Waals surface area contributed by atoms with Crippen LogP contribution in [-0.4, -0.2) is 5.78 Å². The second kappa shape index (κ2) is 5.46. The summed E-state index contributed by atoms with van der Waals surface area (Å²) in [7, 11) is 0. The maximum Gasteiger partial charge on any atom is 0.195 e. The average Bonchev–Trinajstić information content (AvgIpc) is 2.68. The van der Waals surface area contributed by atoms with E-state index in [9.17, 15) is 4.79 Å². The van der Waals surface area contributed by atoms with E-state index in [4.69, 9.17) is 0 Å². The van der Waals surface area contributed by atoms with Gasteiger partial charge in [0.05, 0.1) is 7.57 Å². The van der Waals surface area contributed by atoms with Crippen LogP contribution in [0.5, 0.6) is 0 Å². The first-order valence-corrected chi connectivity index (χ1v) is 7.60. The highest BCUT2D eigenvalue weighted by molar-refractivity contribution is 9.12. The number of ketones is 1. The van der Waals surface area contributed by atoms with Crippen LogP contribution < -0.4 is 0 Å². The van der Waals surface area contributed by atoms with E-state index in [0.29, 0.717) is 5.56 Å². The Balaban J connectivity index is 2.33. The predicted octanol–water partition coefficient (Wildman–Crippen LogP) is 5.07. The Morgan fingerprint density at radius 3 is 2.35 bits per heavy atom. The van der Waals surface area contributed by atoms with Gasteiger partial charge in [0.25, 0.3) is 0 Å². The summed E-state index contributed by atoms with van der Waals surface area (Å²) < 4.78 is 1.83. The third kappa shape index (κ3) is 2.87. The number of thiophene rings is 1. The van der Waals surface area contributed by atoms with Crippen molar-refractivity contribution in [3.63, 3.8) is 0 Å². The number of benzene rings is 1. The summed E-state index contributed by atoms with van der Waals surface area (Å²) in [6, 6.07) is 9.63. The molecule has 0 aliphatic heterocycles. The first kappa shape index (κ1) is 13.0. The highest BCUT2D eigenvalue weighted by Gasteiger charge is 2.15. The van der Waals surface area contributed by atoms with Crippen LogP contribution in [0.4, 0.5) is 0 Å². The van der Waals surface area contributed by atoms with E-state index in [1.807, 2.05) is 30.3 Å². The molecule has 2 rings (SSSR count). The zero-order chi connectivity index (χ0) is 12.4. The minimum Gasteiger partial charge on any atom is -0.289 e. The molecule has 4 heteroatoms. The van der Waals surface area contributed by atoms with Crippen molar-refractivity contribution < 1.29 is 4.79 Å². The Bertz CT molecular complexity index is 543. The van der Waals surface area contributed by atoms with Crippen LogP contribution in [0.2, 0.25) is 0 Å². The Kier molecular flexibility index (Phi) is 4.17. The Labute approximate surface area is 121 Å². The lowest BCUT2D eigenvalue weighted by Gasteiger charge is -2.01. The maximum absolute atomic E-state index is 12.2. The lowest BCUT2D eigenvalue weighted by atomic mass is 10.0. The van der Waals surface area contributed by atoms with Crippen LogP contribution in [-0.2, 0) is 6.42 Å². The van der Waals surface area contributed by atoms with Crippen molar-refractivity contribution in [1.29, 1.82) is 0 Å². The fourth-order valence-corrected chi connectivity index (χ4v) is 4.34. The topological polar surface area (TPSA) is 17.1 Å². The van der Waals surface area contributed by atoms with E-state index in [2.05, 4.69) is 38.8 Å². The zero-order valence-electron chi connectivity index (χ0n) is 9.17. The fraction of sp³-hybridized carbons (Fsp3) is 0.154. The van der Waals surface area contributed by atoms with E-state index in [-0.39, 0.29) is 5.78 Å². The molecule has 0 radical (unpaired) electrons. The third-order valence-corrected chi connectivity index (χ3v) is 4.86. The van der Waals surface area contributed by atoms with Gasteiger partial charge < -0.3 is 0 Å². The standard InChI is InChI=1S/C13H10Br2OS/c1-2-8-3-5-9(6-4-8)12(16)10-7-11(14)17-13(10)15/h3-7H,2H2,1H3. The molecule has 1 nitrogen and oxygen atoms in total. The van der Waals surface area contributed by atoms with E-state index in [0.717, 1.165) is 19.6 Å². The van der Waals surface area contributed by atoms with Gasteiger partial charge in [-0.3, -0.25) is 4.79 Å². The molecule has 0 saturated carbocycles. The van der Waals surface area contributed by atoms with Gasteiger partial charge in [-0.05, 0) is 49.9 Å². The Morgan fingerprint density at radius 2 is 1.88 bits per heavy atom. The predicted molar refractivity (Wildman–Crippen MR) is 79.0 cm³/mol. The molecule has 0 unspecified atom stereocenters. The molecule has 0 N–H and O–H groups in total. The molecule has 0 fully saturated rings. The quantitative estimate of drug-likeness (QED) is 0.686. The summed E-state index contributed by atoms with van der Waals surface area (Å²) in [4.78, 5) is 12.2. The van der Waals surface area contributed by atoms with Crippen molar-refractivity contribution in [3.05, 3.63) is 54.6 Å². The van der Waals surface area contributed by atoms with Crippen molar-refractivity contribution >= 4 is 49.0 Å². The van der Waals surface area contributed by atoms with E-state index >= 15 is 0 Å². The van der Waals surface area contributed by atoms with E-state index in [1.165, 1.54) is 16.9 Å². The molecule has 0 bridgehead atoms. The van der Waals surface area contributed by atoms with Gasteiger partial charge in [0.15, 0.2) is 5.78 Å². The van der Waals surface area contributed by atoms with Crippen LogP contribution in [0, 0.1) is 0 Å². The van der Waals surface area contributed by atoms with Crippen molar-refractivity contribution in [2.45, 2.75) is 13.3 Å². The normalized spacial score (nSPS) is 10.5. The van der Waals surface area contributed by atoms with Crippen molar-refractivity contribution in [3.8, 4) is 0 Å². The molecule has 88 valence electrons. The van der Waals surface area contributed by atoms with Crippen molar-refractivity contribution in [2.75, 3.05) is 0 Å². The lowest BCUT2D eigenvalue weighted by Crippen LogP contribution is -2.00. The molecule has 1 heterocycles. The molecule has 0 aliphatic rings. The summed E-state index contributed by atoms with van der Waals surface area (Å²) >= 11 is 8.31. The molecule has 1 aromatic heterocycles. The van der Waals surface area contributed by atoms with Gasteiger partial charge in [-0.25, -0.2) is 0 Å². The van der Waals surface area contributed by atoms with Crippen molar-refractivity contribution in [2.24, 2.45) is 0 Å². The molecule has 0 saturated heterocycles. The largest absolute Gasteiger partial charge is 0.289 e. The summed E-state index contributed by atoms with van der Waals surface area (Å²) in [5, 5.41) is 0. The second-order valence-corrected chi connectivity index (χ2v) is 7.37. The van der Waals surface area contributed by atoms with Gasteiger partial charge in [0.2, 0.25) is 0 Å². The molecule has 0 aliphatic carbocycles. The van der Waals surface area contributed by atoms with E-state index < -0.39 is 0 Å². The molecular weight excluding hydrogens is 364 g/mol. The minimum atomic E-state index is 0.0569. The second-order valence-electron chi connectivity index (χ2n) is 3.62. The summed E-state index contributed by atoms with van der Waals surface area (Å²) in [6.07, 6.45) is 0.988. The number of hydrogen-bond donors (Lipinski definition) is 0. The van der Waals surface area contributed by atoms with Gasteiger partial charge in [0.1, 0.15) is 0 Å². The molecule has 2 aromatic rings. The van der Waals surface area contributed by atoms with Crippen LogP contribution in [0.15, 0.2) is 37.9 Å². The van der Waals surface area contributed by atoms with Crippen molar-refractivity contribution in [1.82, 2.24) is 0 Å². The fourth-order valence-electron chi connectivity index (χ4n) is 1.54. The summed E-state index contributed by atoms with van der Waals surface area (Å²) in [6.45, 7) is 2.10. The molecule has 17 heavy (non-hydrogen) atoms. The Morgan fingerprint density at radius 1 is 1.24 bits per heavy atom. The number of carbonyl (C=O) groups excluding carboxylic acids is 1. The van der Waals surface area contributed by atoms with E-state index in [1.54, 1.807) is 0 Å². The first-order chi connectivity index (χ1) is 8.11. The average molecular weight is 374 g/mol. The zero-order valence-corrected chi connectivity index (χ0v) is 13.2. The smallest absolute Gasteiger partial charge is 0.195 e. The van der Waals surface area contributed by atoms with Crippen LogP contribution in [0.1, 0.15) is 28.4 Å². The number of rotatable bonds is 3. The van der Waals surface area contributed by atoms with Gasteiger partial charge in [-0.15, -0.1) is 11.3 Å². The third-order valence-electron chi connectivity index (χ3n) is 2.53. The minimum absolute atomic E-state index is 0.0569. The molecular formula is C13H10Br2OS. The first-order valence-electron chi connectivity index (χ1n) is 5.20.